The number of halogens is 1. The highest BCUT2D eigenvalue weighted by molar-refractivity contribution is 6.29. The van der Waals surface area contributed by atoms with E-state index in [9.17, 15) is 10.1 Å². The molecule has 1 saturated heterocycles. The second kappa shape index (κ2) is 10.5. The van der Waals surface area contributed by atoms with Gasteiger partial charge < -0.3 is 9.55 Å². The SMILES string of the molecule is C[C@H]1CCCN(Cc2cc3c(C4CC4)cn(-c4cc(-c5ccc(C#N)cc5-c5nncn5C)cc(Cl)n4)c(=O)c3[nH]2)C1. The summed E-state index contributed by atoms with van der Waals surface area (Å²) in [6.07, 6.45) is 8.27. The number of nitriles is 1. The molecule has 0 radical (unpaired) electrons. The van der Waals surface area contributed by atoms with Crippen molar-refractivity contribution < 1.29 is 0 Å². The van der Waals surface area contributed by atoms with Crippen LogP contribution in [0.1, 0.15) is 55.3 Å². The Morgan fingerprint density at radius 1 is 1.14 bits per heavy atom. The first-order valence-electron chi connectivity index (χ1n) is 14.4. The van der Waals surface area contributed by atoms with E-state index in [2.05, 4.69) is 44.1 Å². The fourth-order valence-corrected chi connectivity index (χ4v) is 6.48. The van der Waals surface area contributed by atoms with Crippen molar-refractivity contribution in [2.75, 3.05) is 13.1 Å². The number of pyridine rings is 2. The minimum Gasteiger partial charge on any atom is -0.353 e. The highest BCUT2D eigenvalue weighted by Gasteiger charge is 2.29. The van der Waals surface area contributed by atoms with Crippen molar-refractivity contribution in [3.63, 3.8) is 0 Å². The van der Waals surface area contributed by atoms with Crippen molar-refractivity contribution in [3.8, 4) is 34.4 Å². The van der Waals surface area contributed by atoms with Crippen LogP contribution in [-0.2, 0) is 13.6 Å². The molecule has 0 bridgehead atoms. The number of aryl methyl sites for hydroxylation is 1. The van der Waals surface area contributed by atoms with Crippen molar-refractivity contribution in [3.05, 3.63) is 81.3 Å². The predicted octanol–water partition coefficient (Wildman–Crippen LogP) is 5.81. The Kier molecular flexibility index (Phi) is 6.68. The molecule has 0 unspecified atom stereocenters. The second-order valence-corrected chi connectivity index (χ2v) is 12.2. The Balaban J connectivity index is 1.34. The highest BCUT2D eigenvalue weighted by Crippen LogP contribution is 2.43. The first kappa shape index (κ1) is 26.6. The van der Waals surface area contributed by atoms with E-state index in [1.165, 1.54) is 18.4 Å². The largest absolute Gasteiger partial charge is 0.353 e. The first-order valence-corrected chi connectivity index (χ1v) is 14.8. The van der Waals surface area contributed by atoms with Crippen LogP contribution in [0.2, 0.25) is 5.15 Å². The van der Waals surface area contributed by atoms with Crippen LogP contribution in [0.15, 0.2) is 53.7 Å². The smallest absolute Gasteiger partial charge is 0.280 e. The molecule has 5 heterocycles. The molecule has 212 valence electrons. The zero-order chi connectivity index (χ0) is 29.0. The van der Waals surface area contributed by atoms with E-state index in [1.807, 2.05) is 25.4 Å². The molecule has 9 nitrogen and oxygen atoms in total. The van der Waals surface area contributed by atoms with Gasteiger partial charge in [-0.05, 0) is 91.1 Å². The van der Waals surface area contributed by atoms with Crippen molar-refractivity contribution >= 4 is 22.5 Å². The van der Waals surface area contributed by atoms with E-state index in [-0.39, 0.29) is 10.7 Å². The third-order valence-corrected chi connectivity index (χ3v) is 8.67. The van der Waals surface area contributed by atoms with Crippen LogP contribution in [0.25, 0.3) is 39.2 Å². The fourth-order valence-electron chi connectivity index (χ4n) is 6.28. The summed E-state index contributed by atoms with van der Waals surface area (Å²) < 4.78 is 3.43. The van der Waals surface area contributed by atoms with Gasteiger partial charge in [-0.3, -0.25) is 14.3 Å². The van der Waals surface area contributed by atoms with E-state index in [0.717, 1.165) is 60.2 Å². The van der Waals surface area contributed by atoms with E-state index < -0.39 is 0 Å². The summed E-state index contributed by atoms with van der Waals surface area (Å²) in [6, 6.07) is 13.4. The van der Waals surface area contributed by atoms with Crippen LogP contribution in [-0.4, -0.2) is 47.3 Å². The number of H-pyrrole nitrogens is 1. The quantitative estimate of drug-likeness (QED) is 0.255. The number of aromatic nitrogens is 6. The topological polar surface area (TPSA) is 108 Å². The zero-order valence-electron chi connectivity index (χ0n) is 23.6. The third kappa shape index (κ3) is 4.91. The van der Waals surface area contributed by atoms with E-state index in [1.54, 1.807) is 33.7 Å². The molecule has 0 amide bonds. The molecule has 5 aromatic rings. The summed E-state index contributed by atoms with van der Waals surface area (Å²) >= 11 is 6.60. The number of hydrogen-bond donors (Lipinski definition) is 1. The third-order valence-electron chi connectivity index (χ3n) is 8.48. The summed E-state index contributed by atoms with van der Waals surface area (Å²) in [5.41, 5.74) is 5.52. The van der Waals surface area contributed by atoms with Gasteiger partial charge in [-0.2, -0.15) is 5.26 Å². The van der Waals surface area contributed by atoms with E-state index in [4.69, 9.17) is 11.6 Å². The van der Waals surface area contributed by atoms with Gasteiger partial charge in [-0.15, -0.1) is 10.2 Å². The van der Waals surface area contributed by atoms with Crippen molar-refractivity contribution in [1.82, 2.24) is 34.2 Å². The molecular weight excluding hydrogens is 548 g/mol. The molecule has 1 saturated carbocycles. The van der Waals surface area contributed by atoms with Crippen molar-refractivity contribution in [1.29, 1.82) is 5.26 Å². The molecule has 2 aliphatic rings. The lowest BCUT2D eigenvalue weighted by Crippen LogP contribution is -2.33. The number of benzene rings is 1. The molecule has 1 N–H and O–H groups in total. The molecule has 4 aromatic heterocycles. The Bertz CT molecular complexity index is 1930. The lowest BCUT2D eigenvalue weighted by atomic mass is 9.97. The van der Waals surface area contributed by atoms with Gasteiger partial charge in [0.05, 0.1) is 11.6 Å². The van der Waals surface area contributed by atoms with Crippen LogP contribution in [0, 0.1) is 17.2 Å². The van der Waals surface area contributed by atoms with Crippen molar-refractivity contribution in [2.45, 2.75) is 45.1 Å². The van der Waals surface area contributed by atoms with Gasteiger partial charge in [-0.25, -0.2) is 4.98 Å². The molecule has 10 heteroatoms. The van der Waals surface area contributed by atoms with Gasteiger partial charge in [0.25, 0.3) is 5.56 Å². The molecule has 1 aliphatic carbocycles. The van der Waals surface area contributed by atoms with Gasteiger partial charge in [-0.1, -0.05) is 24.6 Å². The van der Waals surface area contributed by atoms with Gasteiger partial charge in [0, 0.05) is 43.0 Å². The van der Waals surface area contributed by atoms with Gasteiger partial charge in [0.15, 0.2) is 5.82 Å². The Labute approximate surface area is 248 Å². The average molecular weight is 579 g/mol. The molecule has 2 fully saturated rings. The number of likely N-dealkylation sites (tertiary alicyclic amines) is 1. The Hall–Kier alpha value is -4.26. The molecule has 0 spiro atoms. The number of piperidine rings is 1. The summed E-state index contributed by atoms with van der Waals surface area (Å²) in [5.74, 6) is 2.18. The molecule has 1 aromatic carbocycles. The van der Waals surface area contributed by atoms with E-state index in [0.29, 0.717) is 34.6 Å². The number of rotatable bonds is 6. The zero-order valence-corrected chi connectivity index (χ0v) is 24.4. The maximum atomic E-state index is 14.0. The maximum absolute atomic E-state index is 14.0. The van der Waals surface area contributed by atoms with Gasteiger partial charge >= 0.3 is 0 Å². The maximum Gasteiger partial charge on any atom is 0.280 e. The standard InChI is InChI=1S/C32H31ClN8O/c1-19-4-3-9-40(15-19)16-23-13-25-27(21-6-7-21)17-41(32(42)30(25)36-23)29-12-22(11-28(33)37-29)24-8-5-20(14-34)10-26(24)31-38-35-18-39(31)2/h5,8,10-13,17-19,21,36H,3-4,6-7,9,15-16H2,1-2H3/t19-/m0/s1. The average Bonchev–Trinajstić information content (AvgIpc) is 3.59. The van der Waals surface area contributed by atoms with Crippen LogP contribution in [0.5, 0.6) is 0 Å². The lowest BCUT2D eigenvalue weighted by molar-refractivity contribution is 0.175. The summed E-state index contributed by atoms with van der Waals surface area (Å²) in [7, 11) is 1.85. The molecule has 42 heavy (non-hydrogen) atoms. The summed E-state index contributed by atoms with van der Waals surface area (Å²) in [5, 5.41) is 19.1. The number of nitrogens with zero attached hydrogens (tertiary/aromatic N) is 7. The number of hydrogen-bond acceptors (Lipinski definition) is 6. The van der Waals surface area contributed by atoms with Crippen LogP contribution >= 0.6 is 11.6 Å². The summed E-state index contributed by atoms with van der Waals surface area (Å²) in [4.78, 5) is 24.6. The van der Waals surface area contributed by atoms with Gasteiger partial charge in [0.2, 0.25) is 0 Å². The fraction of sp³-hybridized carbons (Fsp3) is 0.344. The highest BCUT2D eigenvalue weighted by atomic mass is 35.5. The predicted molar refractivity (Wildman–Crippen MR) is 162 cm³/mol. The Morgan fingerprint density at radius 3 is 2.74 bits per heavy atom. The number of fused-ring (bicyclic) bond motifs is 1. The van der Waals surface area contributed by atoms with E-state index >= 15 is 0 Å². The first-order chi connectivity index (χ1) is 20.4. The van der Waals surface area contributed by atoms with Crippen LogP contribution in [0.4, 0.5) is 0 Å². The Morgan fingerprint density at radius 2 is 2.00 bits per heavy atom. The summed E-state index contributed by atoms with van der Waals surface area (Å²) in [6.45, 7) is 5.28. The lowest BCUT2D eigenvalue weighted by Gasteiger charge is -2.30. The molecule has 1 aliphatic heterocycles. The van der Waals surface area contributed by atoms with Gasteiger partial charge in [0.1, 0.15) is 22.8 Å². The van der Waals surface area contributed by atoms with Crippen LogP contribution in [0.3, 0.4) is 0 Å². The second-order valence-electron chi connectivity index (χ2n) is 11.8. The minimum atomic E-state index is -0.151. The van der Waals surface area contributed by atoms with Crippen molar-refractivity contribution in [2.24, 2.45) is 13.0 Å². The molecule has 7 rings (SSSR count). The number of aromatic amines is 1. The minimum absolute atomic E-state index is 0.151. The van der Waals surface area contributed by atoms with Crippen LogP contribution < -0.4 is 5.56 Å². The monoisotopic (exact) mass is 578 g/mol. The molecule has 1 atom stereocenters. The number of nitrogens with one attached hydrogen (secondary N) is 1. The normalized spacial score (nSPS) is 17.5. The molecular formula is C32H31ClN8O.